The van der Waals surface area contributed by atoms with Crippen LogP contribution in [0.25, 0.3) is 0 Å². The van der Waals surface area contributed by atoms with Gasteiger partial charge >= 0.3 is 0 Å². The second-order valence-corrected chi connectivity index (χ2v) is 4.08. The first-order valence-electron chi connectivity index (χ1n) is 5.24. The maximum atomic E-state index is 10.3. The van der Waals surface area contributed by atoms with Crippen molar-refractivity contribution in [2.75, 3.05) is 7.11 Å². The number of methoxy groups -OCH3 is 1. The van der Waals surface area contributed by atoms with Crippen LogP contribution in [0.1, 0.15) is 46.5 Å². The van der Waals surface area contributed by atoms with Crippen molar-refractivity contribution in [1.82, 2.24) is 0 Å². The second-order valence-electron chi connectivity index (χ2n) is 4.08. The molecule has 14 heavy (non-hydrogen) atoms. The zero-order valence-corrected chi connectivity index (χ0v) is 9.80. The molecule has 0 aromatic carbocycles. The Balaban J connectivity index is 4.23. The number of carbonyl (C=O) groups excluding carboxylic acids is 1. The third-order valence-electron chi connectivity index (χ3n) is 2.56. The standard InChI is InChI=1S/C12H22O2/c1-5-6-8-12(3,14-4)10-11(2)7-9-13/h7,9H,5-6,8,10H2,1-4H3. The van der Waals surface area contributed by atoms with Gasteiger partial charge < -0.3 is 4.74 Å². The molecule has 0 fully saturated rings. The maximum Gasteiger partial charge on any atom is 0.142 e. The average molecular weight is 198 g/mol. The fourth-order valence-electron chi connectivity index (χ4n) is 1.58. The largest absolute Gasteiger partial charge is 0.378 e. The molecule has 0 aliphatic carbocycles. The number of unbranched alkanes of at least 4 members (excludes halogenated alkanes) is 1. The van der Waals surface area contributed by atoms with Crippen LogP contribution in [0.15, 0.2) is 11.6 Å². The minimum Gasteiger partial charge on any atom is -0.378 e. The van der Waals surface area contributed by atoms with E-state index in [1.165, 1.54) is 12.8 Å². The molecular weight excluding hydrogens is 176 g/mol. The predicted octanol–water partition coefficient (Wildman–Crippen LogP) is 3.12. The number of ether oxygens (including phenoxy) is 1. The Morgan fingerprint density at radius 2 is 2.14 bits per heavy atom. The van der Waals surface area contributed by atoms with E-state index in [0.29, 0.717) is 0 Å². The van der Waals surface area contributed by atoms with Gasteiger partial charge in [-0.2, -0.15) is 0 Å². The smallest absolute Gasteiger partial charge is 0.142 e. The lowest BCUT2D eigenvalue weighted by molar-refractivity contribution is -0.104. The highest BCUT2D eigenvalue weighted by Gasteiger charge is 2.22. The molecule has 0 radical (unpaired) electrons. The molecule has 0 spiro atoms. The average Bonchev–Trinajstić information content (AvgIpc) is 2.15. The van der Waals surface area contributed by atoms with Crippen molar-refractivity contribution in [3.8, 4) is 0 Å². The summed E-state index contributed by atoms with van der Waals surface area (Å²) in [6.07, 6.45) is 6.68. The van der Waals surface area contributed by atoms with Crippen molar-refractivity contribution in [2.45, 2.75) is 52.1 Å². The van der Waals surface area contributed by atoms with Gasteiger partial charge in [0.25, 0.3) is 0 Å². The lowest BCUT2D eigenvalue weighted by Gasteiger charge is -2.28. The zero-order chi connectivity index (χ0) is 11.0. The van der Waals surface area contributed by atoms with Crippen molar-refractivity contribution >= 4 is 6.29 Å². The molecule has 0 aliphatic rings. The summed E-state index contributed by atoms with van der Waals surface area (Å²) in [5.74, 6) is 0. The van der Waals surface area contributed by atoms with Gasteiger partial charge in [-0.15, -0.1) is 0 Å². The van der Waals surface area contributed by atoms with Crippen LogP contribution in [-0.2, 0) is 9.53 Å². The summed E-state index contributed by atoms with van der Waals surface area (Å²) in [6.45, 7) is 6.24. The van der Waals surface area contributed by atoms with E-state index in [1.807, 2.05) is 6.92 Å². The van der Waals surface area contributed by atoms with Crippen LogP contribution in [0.5, 0.6) is 0 Å². The fraction of sp³-hybridized carbons (Fsp3) is 0.750. The van der Waals surface area contributed by atoms with E-state index in [-0.39, 0.29) is 5.60 Å². The van der Waals surface area contributed by atoms with Gasteiger partial charge in [0.2, 0.25) is 0 Å². The van der Waals surface area contributed by atoms with Gasteiger partial charge in [-0.05, 0) is 32.8 Å². The minimum absolute atomic E-state index is 0.112. The summed E-state index contributed by atoms with van der Waals surface area (Å²) in [5, 5.41) is 0. The second kappa shape index (κ2) is 6.77. The van der Waals surface area contributed by atoms with E-state index in [4.69, 9.17) is 4.74 Å². The summed E-state index contributed by atoms with van der Waals surface area (Å²) in [4.78, 5) is 10.3. The molecule has 0 saturated carbocycles. The van der Waals surface area contributed by atoms with Crippen molar-refractivity contribution in [2.24, 2.45) is 0 Å². The van der Waals surface area contributed by atoms with Crippen LogP contribution < -0.4 is 0 Å². The molecule has 2 nitrogen and oxygen atoms in total. The Kier molecular flexibility index (Phi) is 6.46. The number of carbonyl (C=O) groups is 1. The van der Waals surface area contributed by atoms with Gasteiger partial charge in [0.05, 0.1) is 5.60 Å². The van der Waals surface area contributed by atoms with Crippen molar-refractivity contribution < 1.29 is 9.53 Å². The first kappa shape index (κ1) is 13.4. The monoisotopic (exact) mass is 198 g/mol. The van der Waals surface area contributed by atoms with E-state index in [0.717, 1.165) is 24.7 Å². The van der Waals surface area contributed by atoms with E-state index >= 15 is 0 Å². The molecule has 1 atom stereocenters. The van der Waals surface area contributed by atoms with Crippen molar-refractivity contribution in [3.05, 3.63) is 11.6 Å². The minimum atomic E-state index is -0.112. The molecule has 0 aromatic heterocycles. The molecule has 0 rings (SSSR count). The lowest BCUT2D eigenvalue weighted by atomic mass is 9.91. The van der Waals surface area contributed by atoms with Crippen LogP contribution in [0.2, 0.25) is 0 Å². The molecule has 0 saturated heterocycles. The molecular formula is C12H22O2. The van der Waals surface area contributed by atoms with Gasteiger partial charge in [0.1, 0.15) is 6.29 Å². The van der Waals surface area contributed by atoms with Crippen LogP contribution in [0.3, 0.4) is 0 Å². The Labute approximate surface area is 87.3 Å². The van der Waals surface area contributed by atoms with Gasteiger partial charge in [-0.1, -0.05) is 25.3 Å². The Hall–Kier alpha value is -0.630. The summed E-state index contributed by atoms with van der Waals surface area (Å²) in [6, 6.07) is 0. The van der Waals surface area contributed by atoms with Gasteiger partial charge in [0.15, 0.2) is 0 Å². The van der Waals surface area contributed by atoms with Gasteiger partial charge in [-0.25, -0.2) is 0 Å². The molecule has 0 aromatic rings. The van der Waals surface area contributed by atoms with Crippen LogP contribution in [0.4, 0.5) is 0 Å². The Morgan fingerprint density at radius 1 is 1.50 bits per heavy atom. The highest BCUT2D eigenvalue weighted by Crippen LogP contribution is 2.25. The number of hydrogen-bond acceptors (Lipinski definition) is 2. The first-order chi connectivity index (χ1) is 6.58. The lowest BCUT2D eigenvalue weighted by Crippen LogP contribution is -2.27. The van der Waals surface area contributed by atoms with Crippen molar-refractivity contribution in [3.63, 3.8) is 0 Å². The van der Waals surface area contributed by atoms with Crippen LogP contribution >= 0.6 is 0 Å². The van der Waals surface area contributed by atoms with E-state index in [2.05, 4.69) is 13.8 Å². The molecule has 1 unspecified atom stereocenters. The number of allylic oxidation sites excluding steroid dienone is 1. The summed E-state index contributed by atoms with van der Waals surface area (Å²) in [7, 11) is 1.74. The predicted molar refractivity (Wildman–Crippen MR) is 59.4 cm³/mol. The Bertz CT molecular complexity index is 196. The fourth-order valence-corrected chi connectivity index (χ4v) is 1.58. The van der Waals surface area contributed by atoms with Gasteiger partial charge in [-0.3, -0.25) is 4.79 Å². The quantitative estimate of drug-likeness (QED) is 0.464. The Morgan fingerprint density at radius 3 is 2.57 bits per heavy atom. The van der Waals surface area contributed by atoms with E-state index < -0.39 is 0 Å². The van der Waals surface area contributed by atoms with Crippen molar-refractivity contribution in [1.29, 1.82) is 0 Å². The normalized spacial score (nSPS) is 16.4. The molecule has 0 N–H and O–H groups in total. The van der Waals surface area contributed by atoms with Crippen LogP contribution in [0, 0.1) is 0 Å². The zero-order valence-electron chi connectivity index (χ0n) is 9.80. The topological polar surface area (TPSA) is 26.3 Å². The summed E-state index contributed by atoms with van der Waals surface area (Å²) in [5.41, 5.74) is 0.972. The third kappa shape index (κ3) is 5.18. The summed E-state index contributed by atoms with van der Waals surface area (Å²) < 4.78 is 5.50. The molecule has 2 heteroatoms. The van der Waals surface area contributed by atoms with E-state index in [1.54, 1.807) is 13.2 Å². The third-order valence-corrected chi connectivity index (χ3v) is 2.56. The SMILES string of the molecule is CCCCC(C)(CC(C)=CC=O)OC. The molecule has 0 aliphatic heterocycles. The molecule has 0 heterocycles. The number of hydrogen-bond donors (Lipinski definition) is 0. The highest BCUT2D eigenvalue weighted by molar-refractivity contribution is 5.65. The highest BCUT2D eigenvalue weighted by atomic mass is 16.5. The molecule has 0 bridgehead atoms. The molecule has 0 amide bonds. The molecule has 82 valence electrons. The number of aldehydes is 1. The maximum absolute atomic E-state index is 10.3. The summed E-state index contributed by atoms with van der Waals surface area (Å²) >= 11 is 0. The van der Waals surface area contributed by atoms with Crippen LogP contribution in [-0.4, -0.2) is 19.0 Å². The van der Waals surface area contributed by atoms with E-state index in [9.17, 15) is 4.79 Å². The first-order valence-corrected chi connectivity index (χ1v) is 5.24. The van der Waals surface area contributed by atoms with Gasteiger partial charge in [0, 0.05) is 7.11 Å². The number of rotatable bonds is 7.